The molecule has 2 heterocycles. The maximum absolute atomic E-state index is 12.3. The van der Waals surface area contributed by atoms with Crippen LogP contribution >= 0.6 is 0 Å². The molecule has 0 unspecified atom stereocenters. The van der Waals surface area contributed by atoms with E-state index in [1.54, 1.807) is 14.0 Å². The van der Waals surface area contributed by atoms with Gasteiger partial charge in [0.2, 0.25) is 0 Å². The Bertz CT molecular complexity index is 1220. The van der Waals surface area contributed by atoms with E-state index in [1.165, 1.54) is 0 Å². The van der Waals surface area contributed by atoms with Crippen LogP contribution < -0.4 is 4.74 Å². The molecule has 0 saturated carbocycles. The number of Topliss-reactive ketones (excluding diaryl/α,β-unsaturated/α-hetero) is 1. The van der Waals surface area contributed by atoms with Gasteiger partial charge in [0.05, 0.1) is 29.6 Å². The molecule has 4 rings (SSSR count). The molecule has 2 aromatic heterocycles. The molecule has 0 N–H and O–H groups in total. The number of carbonyl (C=O) groups excluding carboxylic acids is 1. The maximum Gasteiger partial charge on any atom is 0.160 e. The van der Waals surface area contributed by atoms with Crippen LogP contribution in [0.1, 0.15) is 34.3 Å². The van der Waals surface area contributed by atoms with E-state index in [0.717, 1.165) is 50.3 Å². The lowest BCUT2D eigenvalue weighted by Gasteiger charge is -2.14. The summed E-state index contributed by atoms with van der Waals surface area (Å²) < 4.78 is 10.7. The Hall–Kier alpha value is -3.47. The average Bonchev–Trinajstić information content (AvgIpc) is 3.04. The average molecular weight is 386 g/mol. The van der Waals surface area contributed by atoms with Crippen molar-refractivity contribution < 1.29 is 14.1 Å². The summed E-state index contributed by atoms with van der Waals surface area (Å²) in [6.07, 6.45) is 0. The Balaban J connectivity index is 2.09. The predicted molar refractivity (Wildman–Crippen MR) is 113 cm³/mol. The highest BCUT2D eigenvalue weighted by atomic mass is 16.5. The molecule has 0 aliphatic rings. The number of hydrogen-bond acceptors (Lipinski definition) is 5. The summed E-state index contributed by atoms with van der Waals surface area (Å²) in [5, 5.41) is 4.95. The van der Waals surface area contributed by atoms with Gasteiger partial charge in [-0.25, -0.2) is 4.98 Å². The number of hydrogen-bond donors (Lipinski definition) is 0. The summed E-state index contributed by atoms with van der Waals surface area (Å²) in [7, 11) is 1.64. The molecule has 0 amide bonds. The lowest BCUT2D eigenvalue weighted by atomic mass is 9.94. The van der Waals surface area contributed by atoms with Crippen molar-refractivity contribution in [3.63, 3.8) is 0 Å². The number of methoxy groups -OCH3 is 1. The third kappa shape index (κ3) is 3.29. The monoisotopic (exact) mass is 386 g/mol. The van der Waals surface area contributed by atoms with Crippen LogP contribution in [0.3, 0.4) is 0 Å². The Morgan fingerprint density at radius 3 is 2.34 bits per heavy atom. The topological polar surface area (TPSA) is 65.2 Å². The molecule has 5 nitrogen and oxygen atoms in total. The molecule has 0 aliphatic carbocycles. The van der Waals surface area contributed by atoms with Crippen molar-refractivity contribution in [1.29, 1.82) is 0 Å². The molecule has 0 atom stereocenters. The van der Waals surface area contributed by atoms with E-state index < -0.39 is 0 Å². The number of benzene rings is 2. The van der Waals surface area contributed by atoms with Gasteiger partial charge in [-0.15, -0.1) is 0 Å². The zero-order chi connectivity index (χ0) is 20.7. The summed E-state index contributed by atoms with van der Waals surface area (Å²) in [5.41, 5.74) is 6.80. The molecule has 0 fully saturated rings. The Labute approximate surface area is 169 Å². The number of ether oxygens (including phenoxy) is 1. The first-order valence-corrected chi connectivity index (χ1v) is 9.43. The summed E-state index contributed by atoms with van der Waals surface area (Å²) in [6, 6.07) is 13.8. The number of pyridine rings is 1. The molecular formula is C24H22N2O3. The fourth-order valence-electron chi connectivity index (χ4n) is 3.71. The molecular weight excluding hydrogens is 364 g/mol. The molecule has 0 bridgehead atoms. The predicted octanol–water partition coefficient (Wildman–Crippen LogP) is 5.69. The third-order valence-corrected chi connectivity index (χ3v) is 5.13. The van der Waals surface area contributed by atoms with Crippen molar-refractivity contribution in [1.82, 2.24) is 10.1 Å². The standard InChI is InChI=1S/C24H22N2O3/c1-13-10-19(15(3)27)21-12-20(17-6-8-18(28-5)9-7-17)24(25-22(21)11-13)23-14(2)26-29-16(23)4/h6-12H,1-5H3. The fourth-order valence-corrected chi connectivity index (χ4v) is 3.71. The number of aryl methyl sites for hydroxylation is 3. The number of nitrogens with zero attached hydrogens (tertiary/aromatic N) is 2. The Morgan fingerprint density at radius 1 is 1.03 bits per heavy atom. The van der Waals surface area contributed by atoms with Crippen LogP contribution in [0.25, 0.3) is 33.3 Å². The van der Waals surface area contributed by atoms with Crippen molar-refractivity contribution >= 4 is 16.7 Å². The van der Waals surface area contributed by atoms with Crippen LogP contribution in [0.15, 0.2) is 47.0 Å². The SMILES string of the molecule is COc1ccc(-c2cc3c(C(C)=O)cc(C)cc3nc2-c2c(C)noc2C)cc1. The molecule has 4 aromatic rings. The zero-order valence-electron chi connectivity index (χ0n) is 17.2. The van der Waals surface area contributed by atoms with Gasteiger partial charge in [0.25, 0.3) is 0 Å². The van der Waals surface area contributed by atoms with Crippen LogP contribution in [0.2, 0.25) is 0 Å². The van der Waals surface area contributed by atoms with Gasteiger partial charge in [-0.2, -0.15) is 0 Å². The Morgan fingerprint density at radius 2 is 1.76 bits per heavy atom. The highest BCUT2D eigenvalue weighted by Gasteiger charge is 2.20. The number of ketones is 1. The first-order chi connectivity index (χ1) is 13.9. The molecule has 29 heavy (non-hydrogen) atoms. The van der Waals surface area contributed by atoms with E-state index in [1.807, 2.05) is 63.2 Å². The summed E-state index contributed by atoms with van der Waals surface area (Å²) in [4.78, 5) is 17.3. The second-order valence-electron chi connectivity index (χ2n) is 7.25. The second kappa shape index (κ2) is 7.17. The highest BCUT2D eigenvalue weighted by Crippen LogP contribution is 2.38. The van der Waals surface area contributed by atoms with E-state index >= 15 is 0 Å². The van der Waals surface area contributed by atoms with Crippen molar-refractivity contribution in [2.75, 3.05) is 7.11 Å². The van der Waals surface area contributed by atoms with Gasteiger partial charge < -0.3 is 9.26 Å². The number of fused-ring (bicyclic) bond motifs is 1. The molecule has 0 spiro atoms. The highest BCUT2D eigenvalue weighted by molar-refractivity contribution is 6.08. The van der Waals surface area contributed by atoms with Crippen LogP contribution in [-0.4, -0.2) is 23.0 Å². The maximum atomic E-state index is 12.3. The lowest BCUT2D eigenvalue weighted by molar-refractivity contribution is 0.101. The van der Waals surface area contributed by atoms with Crippen LogP contribution in [0, 0.1) is 20.8 Å². The van der Waals surface area contributed by atoms with Gasteiger partial charge in [-0.05, 0) is 69.2 Å². The fraction of sp³-hybridized carbons (Fsp3) is 0.208. The Kier molecular flexibility index (Phi) is 4.66. The van der Waals surface area contributed by atoms with Crippen molar-refractivity contribution in [2.24, 2.45) is 0 Å². The molecule has 5 heteroatoms. The quantitative estimate of drug-likeness (QED) is 0.421. The first-order valence-electron chi connectivity index (χ1n) is 9.43. The zero-order valence-corrected chi connectivity index (χ0v) is 17.2. The van der Waals surface area contributed by atoms with E-state index in [9.17, 15) is 4.79 Å². The molecule has 0 radical (unpaired) electrons. The first kappa shape index (κ1) is 18.9. The van der Waals surface area contributed by atoms with Crippen molar-refractivity contribution in [2.45, 2.75) is 27.7 Å². The van der Waals surface area contributed by atoms with Crippen LogP contribution in [0.5, 0.6) is 5.75 Å². The largest absolute Gasteiger partial charge is 0.497 e. The minimum atomic E-state index is 0.0197. The minimum Gasteiger partial charge on any atom is -0.497 e. The van der Waals surface area contributed by atoms with Crippen molar-refractivity contribution in [3.05, 3.63) is 65.0 Å². The summed E-state index contributed by atoms with van der Waals surface area (Å²) in [6.45, 7) is 7.35. The van der Waals surface area contributed by atoms with E-state index in [4.69, 9.17) is 14.2 Å². The van der Waals surface area contributed by atoms with E-state index in [2.05, 4.69) is 5.16 Å². The van der Waals surface area contributed by atoms with Crippen LogP contribution in [-0.2, 0) is 0 Å². The minimum absolute atomic E-state index is 0.0197. The third-order valence-electron chi connectivity index (χ3n) is 5.13. The lowest BCUT2D eigenvalue weighted by Crippen LogP contribution is -1.99. The van der Waals surface area contributed by atoms with Gasteiger partial charge in [0.1, 0.15) is 11.5 Å². The van der Waals surface area contributed by atoms with Gasteiger partial charge in [-0.3, -0.25) is 4.79 Å². The number of aromatic nitrogens is 2. The summed E-state index contributed by atoms with van der Waals surface area (Å²) in [5.74, 6) is 1.51. The van der Waals surface area contributed by atoms with Crippen LogP contribution in [0.4, 0.5) is 0 Å². The second-order valence-corrected chi connectivity index (χ2v) is 7.25. The summed E-state index contributed by atoms with van der Waals surface area (Å²) >= 11 is 0. The smallest absolute Gasteiger partial charge is 0.160 e. The molecule has 2 aromatic carbocycles. The van der Waals surface area contributed by atoms with Gasteiger partial charge >= 0.3 is 0 Å². The van der Waals surface area contributed by atoms with Gasteiger partial charge in [0, 0.05) is 16.5 Å². The van der Waals surface area contributed by atoms with E-state index in [0.29, 0.717) is 11.3 Å². The number of carbonyl (C=O) groups is 1. The van der Waals surface area contributed by atoms with Crippen molar-refractivity contribution in [3.8, 4) is 28.1 Å². The molecule has 0 saturated heterocycles. The molecule has 0 aliphatic heterocycles. The van der Waals surface area contributed by atoms with Gasteiger partial charge in [0.15, 0.2) is 5.78 Å². The normalized spacial score (nSPS) is 11.1. The number of rotatable bonds is 4. The van der Waals surface area contributed by atoms with Gasteiger partial charge in [-0.1, -0.05) is 17.3 Å². The van der Waals surface area contributed by atoms with E-state index in [-0.39, 0.29) is 5.78 Å². The molecule has 146 valence electrons.